The summed E-state index contributed by atoms with van der Waals surface area (Å²) in [6, 6.07) is 28.6. The zero-order chi connectivity index (χ0) is 25.7. The lowest BCUT2D eigenvalue weighted by Gasteiger charge is -2.30. The average Bonchev–Trinajstić information content (AvgIpc) is 3.64. The zero-order valence-corrected chi connectivity index (χ0v) is 21.6. The van der Waals surface area contributed by atoms with E-state index in [4.69, 9.17) is 9.26 Å². The number of nitrogens with zero attached hydrogens (tertiary/aromatic N) is 3. The van der Waals surface area contributed by atoms with Crippen LogP contribution in [-0.4, -0.2) is 41.8 Å². The number of carbonyl (C=O) groups is 1. The van der Waals surface area contributed by atoms with Gasteiger partial charge in [0.05, 0.1) is 24.6 Å². The van der Waals surface area contributed by atoms with Gasteiger partial charge in [-0.15, -0.1) is 0 Å². The molecule has 0 saturated carbocycles. The van der Waals surface area contributed by atoms with Gasteiger partial charge >= 0.3 is 0 Å². The summed E-state index contributed by atoms with van der Waals surface area (Å²) in [5.74, 6) is 0.838. The minimum Gasteiger partial charge on any atom is -0.376 e. The molecule has 0 spiro atoms. The molecule has 6 nitrogen and oxygen atoms in total. The van der Waals surface area contributed by atoms with E-state index in [1.165, 1.54) is 11.1 Å². The predicted molar refractivity (Wildman–Crippen MR) is 148 cm³/mol. The van der Waals surface area contributed by atoms with Crippen molar-refractivity contribution in [2.45, 2.75) is 44.9 Å². The van der Waals surface area contributed by atoms with E-state index in [9.17, 15) is 4.79 Å². The van der Waals surface area contributed by atoms with E-state index in [0.29, 0.717) is 19.5 Å². The summed E-state index contributed by atoms with van der Waals surface area (Å²) in [6.45, 7) is 3.35. The van der Waals surface area contributed by atoms with E-state index in [0.717, 1.165) is 67.2 Å². The number of hydrogen-bond acceptors (Lipinski definition) is 5. The number of anilines is 1. The van der Waals surface area contributed by atoms with E-state index in [2.05, 4.69) is 34.3 Å². The monoisotopic (exact) mass is 507 g/mol. The Hall–Kier alpha value is -3.90. The van der Waals surface area contributed by atoms with Gasteiger partial charge < -0.3 is 19.1 Å². The number of benzene rings is 3. The van der Waals surface area contributed by atoms with Gasteiger partial charge in [-0.2, -0.15) is 0 Å². The van der Waals surface area contributed by atoms with Crippen LogP contribution in [-0.2, 0) is 35.5 Å². The molecule has 0 radical (unpaired) electrons. The predicted octanol–water partition coefficient (Wildman–Crippen LogP) is 5.65. The van der Waals surface area contributed by atoms with Gasteiger partial charge in [0.25, 0.3) is 0 Å². The largest absolute Gasteiger partial charge is 0.376 e. The Morgan fingerprint density at radius 3 is 2.45 bits per heavy atom. The fourth-order valence-corrected chi connectivity index (χ4v) is 5.55. The normalized spacial score (nSPS) is 16.8. The Labute approximate surface area is 223 Å². The summed E-state index contributed by atoms with van der Waals surface area (Å²) in [5.41, 5.74) is 6.43. The van der Waals surface area contributed by atoms with Gasteiger partial charge in [0.15, 0.2) is 0 Å². The third-order valence-corrected chi connectivity index (χ3v) is 7.58. The molecule has 4 aromatic rings. The molecular formula is C32H33N3O3. The Balaban J connectivity index is 1.34. The first-order valence-corrected chi connectivity index (χ1v) is 13.5. The number of fused-ring (bicyclic) bond motifs is 1. The average molecular weight is 508 g/mol. The fraction of sp³-hybridized carbons (Fsp3) is 0.312. The van der Waals surface area contributed by atoms with Crippen molar-refractivity contribution >= 4 is 11.8 Å². The molecule has 194 valence electrons. The molecule has 3 aromatic carbocycles. The lowest BCUT2D eigenvalue weighted by molar-refractivity contribution is -0.132. The maximum absolute atomic E-state index is 13.7. The summed E-state index contributed by atoms with van der Waals surface area (Å²) in [6.07, 6.45) is 3.36. The van der Waals surface area contributed by atoms with Crippen LogP contribution in [0.1, 0.15) is 35.1 Å². The topological polar surface area (TPSA) is 58.8 Å². The molecule has 1 aromatic heterocycles. The molecule has 1 amide bonds. The first-order chi connectivity index (χ1) is 18.7. The highest BCUT2D eigenvalue weighted by atomic mass is 16.5. The number of carbonyl (C=O) groups excluding carboxylic acids is 1. The number of rotatable bonds is 8. The molecule has 6 heteroatoms. The second kappa shape index (κ2) is 11.2. The van der Waals surface area contributed by atoms with Gasteiger partial charge in [-0.3, -0.25) is 4.79 Å². The molecule has 38 heavy (non-hydrogen) atoms. The smallest absolute Gasteiger partial charge is 0.233 e. The molecule has 2 aliphatic rings. The first-order valence-electron chi connectivity index (χ1n) is 13.5. The maximum Gasteiger partial charge on any atom is 0.233 e. The Morgan fingerprint density at radius 1 is 0.947 bits per heavy atom. The third-order valence-electron chi connectivity index (χ3n) is 7.58. The third kappa shape index (κ3) is 5.36. The van der Waals surface area contributed by atoms with Crippen LogP contribution in [0, 0.1) is 0 Å². The Morgan fingerprint density at radius 2 is 1.68 bits per heavy atom. The van der Waals surface area contributed by atoms with E-state index in [-0.39, 0.29) is 12.0 Å². The molecule has 1 atom stereocenters. The zero-order valence-electron chi connectivity index (χ0n) is 21.6. The standard InChI is InChI=1S/C32H33N3O3/c36-30(20-24-10-3-1-4-11-24)35(22-28-16-9-19-37-28)23-29-31(26-13-5-2-6-14-26)33-38-32(29)34-18-17-25-12-7-8-15-27(25)21-34/h1-8,10-15,28H,9,16-23H2. The van der Waals surface area contributed by atoms with Crippen molar-refractivity contribution in [2.24, 2.45) is 0 Å². The van der Waals surface area contributed by atoms with Crippen molar-refractivity contribution in [1.29, 1.82) is 0 Å². The van der Waals surface area contributed by atoms with Crippen LogP contribution < -0.4 is 4.90 Å². The molecule has 1 unspecified atom stereocenters. The van der Waals surface area contributed by atoms with Crippen molar-refractivity contribution in [3.05, 3.63) is 107 Å². The van der Waals surface area contributed by atoms with E-state index < -0.39 is 0 Å². The highest BCUT2D eigenvalue weighted by Gasteiger charge is 2.30. The van der Waals surface area contributed by atoms with Gasteiger partial charge in [-0.05, 0) is 36.0 Å². The van der Waals surface area contributed by atoms with E-state index in [1.54, 1.807) is 0 Å². The second-order valence-corrected chi connectivity index (χ2v) is 10.2. The summed E-state index contributed by atoms with van der Waals surface area (Å²) in [7, 11) is 0. The number of amides is 1. The van der Waals surface area contributed by atoms with Crippen LogP contribution in [0.15, 0.2) is 89.5 Å². The summed E-state index contributed by atoms with van der Waals surface area (Å²) < 4.78 is 12.0. The Kier molecular flexibility index (Phi) is 7.22. The number of hydrogen-bond donors (Lipinski definition) is 0. The van der Waals surface area contributed by atoms with Crippen molar-refractivity contribution in [3.8, 4) is 11.3 Å². The highest BCUT2D eigenvalue weighted by Crippen LogP contribution is 2.35. The Bertz CT molecular complexity index is 1360. The molecular weight excluding hydrogens is 474 g/mol. The molecule has 0 aliphatic carbocycles. The summed E-state index contributed by atoms with van der Waals surface area (Å²) in [4.78, 5) is 17.9. The van der Waals surface area contributed by atoms with Gasteiger partial charge in [-0.1, -0.05) is 90.1 Å². The number of aromatic nitrogens is 1. The SMILES string of the molecule is O=C(Cc1ccccc1)N(Cc1c(-c2ccccc2)noc1N1CCc2ccccc2C1)CC1CCCO1. The maximum atomic E-state index is 13.7. The quantitative estimate of drug-likeness (QED) is 0.308. The summed E-state index contributed by atoms with van der Waals surface area (Å²) in [5, 5.41) is 4.56. The van der Waals surface area contributed by atoms with Crippen LogP contribution in [0.5, 0.6) is 0 Å². The van der Waals surface area contributed by atoms with Crippen LogP contribution in [0.2, 0.25) is 0 Å². The molecule has 3 heterocycles. The molecule has 0 bridgehead atoms. The number of ether oxygens (including phenoxy) is 1. The van der Waals surface area contributed by atoms with Crippen molar-refractivity contribution < 1.29 is 14.1 Å². The van der Waals surface area contributed by atoms with Gasteiger partial charge in [0, 0.05) is 31.8 Å². The van der Waals surface area contributed by atoms with Crippen LogP contribution in [0.3, 0.4) is 0 Å². The minimum atomic E-state index is 0.0556. The van der Waals surface area contributed by atoms with Gasteiger partial charge in [-0.25, -0.2) is 0 Å². The summed E-state index contributed by atoms with van der Waals surface area (Å²) >= 11 is 0. The van der Waals surface area contributed by atoms with Gasteiger partial charge in [0.1, 0.15) is 5.69 Å². The van der Waals surface area contributed by atoms with Crippen molar-refractivity contribution in [1.82, 2.24) is 10.1 Å². The molecule has 1 saturated heterocycles. The second-order valence-electron chi connectivity index (χ2n) is 10.2. The highest BCUT2D eigenvalue weighted by molar-refractivity contribution is 5.79. The van der Waals surface area contributed by atoms with E-state index >= 15 is 0 Å². The fourth-order valence-electron chi connectivity index (χ4n) is 5.55. The van der Waals surface area contributed by atoms with E-state index in [1.807, 2.05) is 65.6 Å². The lowest BCUT2D eigenvalue weighted by Crippen LogP contribution is -2.38. The first kappa shape index (κ1) is 24.4. The van der Waals surface area contributed by atoms with Gasteiger partial charge in [0.2, 0.25) is 11.8 Å². The molecule has 2 aliphatic heterocycles. The minimum absolute atomic E-state index is 0.0556. The van der Waals surface area contributed by atoms with Crippen LogP contribution in [0.25, 0.3) is 11.3 Å². The van der Waals surface area contributed by atoms with Crippen LogP contribution >= 0.6 is 0 Å². The molecule has 6 rings (SSSR count). The lowest BCUT2D eigenvalue weighted by atomic mass is 9.99. The van der Waals surface area contributed by atoms with Crippen LogP contribution in [0.4, 0.5) is 5.88 Å². The molecule has 1 fully saturated rings. The van der Waals surface area contributed by atoms with Crippen molar-refractivity contribution in [2.75, 3.05) is 24.6 Å². The van der Waals surface area contributed by atoms with Crippen molar-refractivity contribution in [3.63, 3.8) is 0 Å². The molecule has 0 N–H and O–H groups in total.